The van der Waals surface area contributed by atoms with E-state index in [1.807, 2.05) is 32.0 Å². The number of carbonyl (C=O) groups excluding carboxylic acids is 2. The number of methoxy groups -OCH3 is 1. The van der Waals surface area contributed by atoms with Crippen molar-refractivity contribution >= 4 is 17.5 Å². The van der Waals surface area contributed by atoms with Crippen LogP contribution in [0, 0.1) is 0 Å². The Morgan fingerprint density at radius 2 is 2.10 bits per heavy atom. The molecule has 2 amide bonds. The molecule has 1 N–H and O–H groups in total. The zero-order valence-electron chi connectivity index (χ0n) is 12.8. The number of hydrogen-bond acceptors (Lipinski definition) is 3. The molecular formula is C16H22N2O3. The highest BCUT2D eigenvalue weighted by molar-refractivity contribution is 5.94. The molecule has 114 valence electrons. The average Bonchev–Trinajstić information content (AvgIpc) is 2.53. The van der Waals surface area contributed by atoms with E-state index in [4.69, 9.17) is 4.74 Å². The van der Waals surface area contributed by atoms with Crippen LogP contribution in [-0.2, 0) is 9.59 Å². The normalized spacial score (nSPS) is 17.1. The van der Waals surface area contributed by atoms with Crippen molar-refractivity contribution < 1.29 is 14.3 Å². The SMILES string of the molecule is CCC(=O)NC1CCN(C(=O)CC)c2ccc(OC)cc21. The number of carbonyl (C=O) groups is 2. The van der Waals surface area contributed by atoms with Gasteiger partial charge >= 0.3 is 0 Å². The summed E-state index contributed by atoms with van der Waals surface area (Å²) in [5, 5.41) is 3.02. The van der Waals surface area contributed by atoms with Crippen LogP contribution in [0.2, 0.25) is 0 Å². The fourth-order valence-corrected chi connectivity index (χ4v) is 2.61. The first-order chi connectivity index (χ1) is 10.1. The van der Waals surface area contributed by atoms with Gasteiger partial charge in [-0.05, 0) is 24.6 Å². The molecule has 1 unspecified atom stereocenters. The van der Waals surface area contributed by atoms with Crippen molar-refractivity contribution in [3.8, 4) is 5.75 Å². The summed E-state index contributed by atoms with van der Waals surface area (Å²) in [6.07, 6.45) is 1.64. The zero-order chi connectivity index (χ0) is 15.4. The molecule has 1 atom stereocenters. The molecule has 0 aromatic heterocycles. The standard InChI is InChI=1S/C16H22N2O3/c1-4-15(19)17-13-8-9-18(16(20)5-2)14-7-6-11(21-3)10-12(13)14/h6-7,10,13H,4-5,8-9H2,1-3H3,(H,17,19). The van der Waals surface area contributed by atoms with Crippen LogP contribution < -0.4 is 15.0 Å². The van der Waals surface area contributed by atoms with Crippen molar-refractivity contribution in [1.82, 2.24) is 5.32 Å². The van der Waals surface area contributed by atoms with E-state index < -0.39 is 0 Å². The molecular weight excluding hydrogens is 268 g/mol. The van der Waals surface area contributed by atoms with E-state index in [0.717, 1.165) is 23.4 Å². The summed E-state index contributed by atoms with van der Waals surface area (Å²) in [5.74, 6) is 0.848. The van der Waals surface area contributed by atoms with Crippen molar-refractivity contribution in [2.24, 2.45) is 0 Å². The van der Waals surface area contributed by atoms with E-state index in [-0.39, 0.29) is 17.9 Å². The highest BCUT2D eigenvalue weighted by Gasteiger charge is 2.29. The van der Waals surface area contributed by atoms with Gasteiger partial charge in [0.15, 0.2) is 0 Å². The van der Waals surface area contributed by atoms with E-state index in [9.17, 15) is 9.59 Å². The van der Waals surface area contributed by atoms with Gasteiger partial charge < -0.3 is 15.0 Å². The van der Waals surface area contributed by atoms with Gasteiger partial charge in [-0.25, -0.2) is 0 Å². The second-order valence-corrected chi connectivity index (χ2v) is 5.09. The fraction of sp³-hybridized carbons (Fsp3) is 0.500. The molecule has 1 aromatic rings. The highest BCUT2D eigenvalue weighted by atomic mass is 16.5. The molecule has 1 aliphatic heterocycles. The van der Waals surface area contributed by atoms with Gasteiger partial charge in [-0.3, -0.25) is 9.59 Å². The van der Waals surface area contributed by atoms with Gasteiger partial charge in [0, 0.05) is 30.6 Å². The predicted octanol–water partition coefficient (Wildman–Crippen LogP) is 2.41. The molecule has 2 rings (SSSR count). The summed E-state index contributed by atoms with van der Waals surface area (Å²) in [7, 11) is 1.61. The third-order valence-electron chi connectivity index (χ3n) is 3.80. The number of benzene rings is 1. The molecule has 1 aliphatic rings. The lowest BCUT2D eigenvalue weighted by Crippen LogP contribution is -2.40. The number of nitrogens with zero attached hydrogens (tertiary/aromatic N) is 1. The van der Waals surface area contributed by atoms with Gasteiger partial charge in [0.05, 0.1) is 13.2 Å². The van der Waals surface area contributed by atoms with Crippen LogP contribution in [0.15, 0.2) is 18.2 Å². The van der Waals surface area contributed by atoms with Crippen molar-refractivity contribution in [3.63, 3.8) is 0 Å². The Morgan fingerprint density at radius 1 is 1.33 bits per heavy atom. The Labute approximate surface area is 125 Å². The summed E-state index contributed by atoms with van der Waals surface area (Å²) in [6.45, 7) is 4.31. The largest absolute Gasteiger partial charge is 0.497 e. The number of amides is 2. The van der Waals surface area contributed by atoms with E-state index in [1.54, 1.807) is 12.0 Å². The minimum absolute atomic E-state index is 0.0176. The predicted molar refractivity (Wildman–Crippen MR) is 81.4 cm³/mol. The van der Waals surface area contributed by atoms with E-state index in [1.165, 1.54) is 0 Å². The summed E-state index contributed by atoms with van der Waals surface area (Å²) >= 11 is 0. The van der Waals surface area contributed by atoms with Gasteiger partial charge in [-0.1, -0.05) is 13.8 Å². The van der Waals surface area contributed by atoms with Crippen LogP contribution in [0.1, 0.15) is 44.7 Å². The molecule has 5 nitrogen and oxygen atoms in total. The molecule has 0 spiro atoms. The lowest BCUT2D eigenvalue weighted by Gasteiger charge is -2.34. The van der Waals surface area contributed by atoms with Gasteiger partial charge in [0.1, 0.15) is 5.75 Å². The molecule has 0 aliphatic carbocycles. The molecule has 0 radical (unpaired) electrons. The third kappa shape index (κ3) is 3.17. The van der Waals surface area contributed by atoms with E-state index in [0.29, 0.717) is 19.4 Å². The Kier molecular flexibility index (Phi) is 4.83. The Morgan fingerprint density at radius 3 is 2.71 bits per heavy atom. The maximum absolute atomic E-state index is 12.1. The number of nitrogens with one attached hydrogen (secondary N) is 1. The maximum atomic E-state index is 12.1. The van der Waals surface area contributed by atoms with Gasteiger partial charge in [-0.2, -0.15) is 0 Å². The molecule has 5 heteroatoms. The monoisotopic (exact) mass is 290 g/mol. The third-order valence-corrected chi connectivity index (χ3v) is 3.80. The maximum Gasteiger partial charge on any atom is 0.226 e. The van der Waals surface area contributed by atoms with Crippen molar-refractivity contribution in [3.05, 3.63) is 23.8 Å². The quantitative estimate of drug-likeness (QED) is 0.926. The van der Waals surface area contributed by atoms with Crippen LogP contribution in [0.4, 0.5) is 5.69 Å². The number of hydrogen-bond donors (Lipinski definition) is 1. The summed E-state index contributed by atoms with van der Waals surface area (Å²) in [4.78, 5) is 25.6. The highest BCUT2D eigenvalue weighted by Crippen LogP contribution is 2.36. The van der Waals surface area contributed by atoms with Crippen molar-refractivity contribution in [1.29, 1.82) is 0 Å². The first-order valence-electron chi connectivity index (χ1n) is 7.38. The Balaban J connectivity index is 2.38. The van der Waals surface area contributed by atoms with Gasteiger partial charge in [-0.15, -0.1) is 0 Å². The molecule has 0 bridgehead atoms. The van der Waals surface area contributed by atoms with Crippen LogP contribution in [0.5, 0.6) is 5.75 Å². The fourth-order valence-electron chi connectivity index (χ4n) is 2.61. The lowest BCUT2D eigenvalue weighted by atomic mass is 9.95. The smallest absolute Gasteiger partial charge is 0.226 e. The minimum atomic E-state index is -0.0662. The van der Waals surface area contributed by atoms with Crippen LogP contribution >= 0.6 is 0 Å². The topological polar surface area (TPSA) is 58.6 Å². The van der Waals surface area contributed by atoms with Crippen molar-refractivity contribution in [2.75, 3.05) is 18.6 Å². The number of rotatable bonds is 4. The second kappa shape index (κ2) is 6.61. The van der Waals surface area contributed by atoms with Gasteiger partial charge in [0.2, 0.25) is 11.8 Å². The number of anilines is 1. The average molecular weight is 290 g/mol. The van der Waals surface area contributed by atoms with Crippen LogP contribution in [0.3, 0.4) is 0 Å². The number of ether oxygens (including phenoxy) is 1. The number of fused-ring (bicyclic) bond motifs is 1. The summed E-state index contributed by atoms with van der Waals surface area (Å²) < 4.78 is 5.27. The first-order valence-corrected chi connectivity index (χ1v) is 7.38. The van der Waals surface area contributed by atoms with Crippen LogP contribution in [-0.4, -0.2) is 25.5 Å². The van der Waals surface area contributed by atoms with Gasteiger partial charge in [0.25, 0.3) is 0 Å². The lowest BCUT2D eigenvalue weighted by molar-refractivity contribution is -0.121. The summed E-state index contributed by atoms with van der Waals surface area (Å²) in [6, 6.07) is 5.58. The molecule has 1 heterocycles. The summed E-state index contributed by atoms with van der Waals surface area (Å²) in [5.41, 5.74) is 1.82. The Bertz CT molecular complexity index is 542. The zero-order valence-corrected chi connectivity index (χ0v) is 12.8. The minimum Gasteiger partial charge on any atom is -0.497 e. The van der Waals surface area contributed by atoms with Crippen molar-refractivity contribution in [2.45, 2.75) is 39.2 Å². The van der Waals surface area contributed by atoms with E-state index >= 15 is 0 Å². The Hall–Kier alpha value is -2.04. The molecule has 0 saturated carbocycles. The molecule has 0 fully saturated rings. The molecule has 1 aromatic carbocycles. The molecule has 0 saturated heterocycles. The van der Waals surface area contributed by atoms with Crippen LogP contribution in [0.25, 0.3) is 0 Å². The van der Waals surface area contributed by atoms with E-state index in [2.05, 4.69) is 5.32 Å². The molecule has 21 heavy (non-hydrogen) atoms. The first kappa shape index (κ1) is 15.4. The second-order valence-electron chi connectivity index (χ2n) is 5.09.